The Labute approximate surface area is 159 Å². The van der Waals surface area contributed by atoms with Crippen molar-refractivity contribution in [3.05, 3.63) is 62.4 Å². The van der Waals surface area contributed by atoms with Crippen LogP contribution >= 0.6 is 34.5 Å². The van der Waals surface area contributed by atoms with E-state index in [2.05, 4.69) is 10.3 Å². The number of anilines is 1. The topological polar surface area (TPSA) is 51.2 Å². The third-order valence-corrected chi connectivity index (χ3v) is 4.94. The molecule has 1 aromatic heterocycles. The number of nitrogens with zero attached hydrogens (tertiary/aromatic N) is 1. The molecule has 0 aliphatic heterocycles. The van der Waals surface area contributed by atoms with Crippen LogP contribution in [-0.4, -0.2) is 18.0 Å². The first-order valence-corrected chi connectivity index (χ1v) is 8.98. The van der Waals surface area contributed by atoms with Crippen molar-refractivity contribution >= 4 is 46.1 Å². The minimum atomic E-state index is -0.319. The van der Waals surface area contributed by atoms with Gasteiger partial charge >= 0.3 is 0 Å². The highest BCUT2D eigenvalue weighted by atomic mass is 35.5. The van der Waals surface area contributed by atoms with Gasteiger partial charge in [0.25, 0.3) is 5.91 Å². The van der Waals surface area contributed by atoms with Gasteiger partial charge in [-0.25, -0.2) is 4.98 Å². The maximum Gasteiger partial charge on any atom is 0.257 e. The maximum absolute atomic E-state index is 12.4. The van der Waals surface area contributed by atoms with Crippen LogP contribution < -0.4 is 10.1 Å². The van der Waals surface area contributed by atoms with Crippen LogP contribution in [0.1, 0.15) is 15.4 Å². The Morgan fingerprint density at radius 3 is 2.56 bits per heavy atom. The summed E-state index contributed by atoms with van der Waals surface area (Å²) in [6.07, 6.45) is 0. The fraction of sp³-hybridized carbons (Fsp3) is 0.111. The molecule has 4 nitrogen and oxygen atoms in total. The number of carbonyl (C=O) groups is 1. The lowest BCUT2D eigenvalue weighted by atomic mass is 10.1. The zero-order valence-electron chi connectivity index (χ0n) is 13.5. The van der Waals surface area contributed by atoms with Gasteiger partial charge in [-0.2, -0.15) is 0 Å². The molecule has 0 saturated heterocycles. The van der Waals surface area contributed by atoms with Crippen LogP contribution in [0.15, 0.2) is 41.8 Å². The molecule has 0 unspecified atom stereocenters. The fourth-order valence-electron chi connectivity index (χ4n) is 2.29. The van der Waals surface area contributed by atoms with E-state index in [-0.39, 0.29) is 5.91 Å². The van der Waals surface area contributed by atoms with Gasteiger partial charge < -0.3 is 10.1 Å². The lowest BCUT2D eigenvalue weighted by Gasteiger charge is -2.09. The summed E-state index contributed by atoms with van der Waals surface area (Å²) in [6, 6.07) is 10.2. The summed E-state index contributed by atoms with van der Waals surface area (Å²) in [4.78, 5) is 16.8. The highest BCUT2D eigenvalue weighted by Crippen LogP contribution is 2.31. The predicted molar refractivity (Wildman–Crippen MR) is 103 cm³/mol. The standard InChI is InChI=1S/C18H14Cl2N2O2S/c1-10-21-17(9-25-10)13-5-3-11(7-15(13)19)22-18(23)14-6-4-12(24-2)8-16(14)20/h3-9H,1-2H3,(H,22,23). The van der Waals surface area contributed by atoms with Gasteiger partial charge in [0.1, 0.15) is 5.75 Å². The second-order valence-corrected chi connectivity index (χ2v) is 7.12. The van der Waals surface area contributed by atoms with Crippen LogP contribution in [0.5, 0.6) is 5.75 Å². The smallest absolute Gasteiger partial charge is 0.257 e. The number of benzene rings is 2. The number of rotatable bonds is 4. The quantitative estimate of drug-likeness (QED) is 0.620. The van der Waals surface area contributed by atoms with E-state index in [0.29, 0.717) is 27.0 Å². The molecule has 1 heterocycles. The molecule has 7 heteroatoms. The summed E-state index contributed by atoms with van der Waals surface area (Å²) in [7, 11) is 1.54. The van der Waals surface area contributed by atoms with Crippen LogP contribution in [0.25, 0.3) is 11.3 Å². The molecule has 1 amide bonds. The molecule has 0 radical (unpaired) electrons. The van der Waals surface area contributed by atoms with E-state index in [1.165, 1.54) is 0 Å². The molecule has 0 fully saturated rings. The van der Waals surface area contributed by atoms with Crippen LogP contribution in [0, 0.1) is 6.92 Å². The van der Waals surface area contributed by atoms with Crippen molar-refractivity contribution in [3.63, 3.8) is 0 Å². The van der Waals surface area contributed by atoms with E-state index < -0.39 is 0 Å². The van der Waals surface area contributed by atoms with Crippen molar-refractivity contribution < 1.29 is 9.53 Å². The summed E-state index contributed by atoms with van der Waals surface area (Å²) >= 11 is 14.0. The van der Waals surface area contributed by atoms with E-state index in [1.54, 1.807) is 48.8 Å². The zero-order valence-corrected chi connectivity index (χ0v) is 15.8. The minimum absolute atomic E-state index is 0.317. The van der Waals surface area contributed by atoms with E-state index in [1.807, 2.05) is 18.4 Å². The number of nitrogens with one attached hydrogen (secondary N) is 1. The number of thiazole rings is 1. The molecule has 3 aromatic rings. The van der Waals surface area contributed by atoms with Crippen molar-refractivity contribution in [2.45, 2.75) is 6.92 Å². The average Bonchev–Trinajstić information content (AvgIpc) is 3.00. The van der Waals surface area contributed by atoms with Gasteiger partial charge in [0.2, 0.25) is 0 Å². The average molecular weight is 393 g/mol. The van der Waals surface area contributed by atoms with E-state index in [4.69, 9.17) is 27.9 Å². The van der Waals surface area contributed by atoms with Gasteiger partial charge in [-0.1, -0.05) is 23.2 Å². The van der Waals surface area contributed by atoms with Crippen LogP contribution in [-0.2, 0) is 0 Å². The van der Waals surface area contributed by atoms with Gasteiger partial charge in [0, 0.05) is 16.6 Å². The summed E-state index contributed by atoms with van der Waals surface area (Å²) in [5.74, 6) is 0.272. The van der Waals surface area contributed by atoms with Crippen molar-refractivity contribution in [2.75, 3.05) is 12.4 Å². The molecular formula is C18H14Cl2N2O2S. The molecule has 0 bridgehead atoms. The summed E-state index contributed by atoms with van der Waals surface area (Å²) in [5.41, 5.74) is 2.59. The number of aromatic nitrogens is 1. The molecule has 0 aliphatic carbocycles. The van der Waals surface area contributed by atoms with Crippen LogP contribution in [0.3, 0.4) is 0 Å². The molecule has 0 atom stereocenters. The van der Waals surface area contributed by atoms with Crippen molar-refractivity contribution in [2.24, 2.45) is 0 Å². The second kappa shape index (κ2) is 7.44. The van der Waals surface area contributed by atoms with E-state index >= 15 is 0 Å². The molecule has 2 aromatic carbocycles. The molecule has 128 valence electrons. The molecule has 1 N–H and O–H groups in total. The van der Waals surface area contributed by atoms with Gasteiger partial charge in [-0.05, 0) is 43.3 Å². The number of amides is 1. The second-order valence-electron chi connectivity index (χ2n) is 5.25. The van der Waals surface area contributed by atoms with Crippen LogP contribution in [0.4, 0.5) is 5.69 Å². The van der Waals surface area contributed by atoms with E-state index in [0.717, 1.165) is 16.3 Å². The van der Waals surface area contributed by atoms with Crippen molar-refractivity contribution in [3.8, 4) is 17.0 Å². The number of aryl methyl sites for hydroxylation is 1. The summed E-state index contributed by atoms with van der Waals surface area (Å²) in [6.45, 7) is 1.94. The minimum Gasteiger partial charge on any atom is -0.497 e. The molecule has 3 rings (SSSR count). The first-order chi connectivity index (χ1) is 12.0. The maximum atomic E-state index is 12.4. The summed E-state index contributed by atoms with van der Waals surface area (Å²) < 4.78 is 5.08. The Hall–Kier alpha value is -2.08. The van der Waals surface area contributed by atoms with Gasteiger partial charge in [-0.3, -0.25) is 4.79 Å². The normalized spacial score (nSPS) is 10.6. The number of hydrogen-bond acceptors (Lipinski definition) is 4. The fourth-order valence-corrected chi connectivity index (χ4v) is 3.44. The van der Waals surface area contributed by atoms with Gasteiger partial charge in [0.15, 0.2) is 0 Å². The number of methoxy groups -OCH3 is 1. The summed E-state index contributed by atoms with van der Waals surface area (Å²) in [5, 5.41) is 6.55. The largest absolute Gasteiger partial charge is 0.497 e. The Morgan fingerprint density at radius 1 is 1.16 bits per heavy atom. The highest BCUT2D eigenvalue weighted by molar-refractivity contribution is 7.09. The Kier molecular flexibility index (Phi) is 5.27. The predicted octanol–water partition coefficient (Wildman–Crippen LogP) is 5.69. The lowest BCUT2D eigenvalue weighted by molar-refractivity contribution is 0.102. The number of hydrogen-bond donors (Lipinski definition) is 1. The monoisotopic (exact) mass is 392 g/mol. The van der Waals surface area contributed by atoms with Crippen LogP contribution in [0.2, 0.25) is 10.0 Å². The molecule has 25 heavy (non-hydrogen) atoms. The van der Waals surface area contributed by atoms with Gasteiger partial charge in [0.05, 0.1) is 33.4 Å². The van der Waals surface area contributed by atoms with Gasteiger partial charge in [-0.15, -0.1) is 11.3 Å². The zero-order chi connectivity index (χ0) is 18.0. The van der Waals surface area contributed by atoms with Crippen molar-refractivity contribution in [1.29, 1.82) is 0 Å². The number of ether oxygens (including phenoxy) is 1. The molecular weight excluding hydrogens is 379 g/mol. The highest BCUT2D eigenvalue weighted by Gasteiger charge is 2.13. The third kappa shape index (κ3) is 3.95. The first kappa shape index (κ1) is 17.7. The Bertz CT molecular complexity index is 941. The SMILES string of the molecule is COc1ccc(C(=O)Nc2ccc(-c3csc(C)n3)c(Cl)c2)c(Cl)c1. The lowest BCUT2D eigenvalue weighted by Crippen LogP contribution is -2.12. The Morgan fingerprint density at radius 2 is 1.96 bits per heavy atom. The van der Waals surface area contributed by atoms with E-state index in [9.17, 15) is 4.79 Å². The number of carbonyl (C=O) groups excluding carboxylic acids is 1. The molecule has 0 saturated carbocycles. The third-order valence-electron chi connectivity index (χ3n) is 3.54. The first-order valence-electron chi connectivity index (χ1n) is 7.35. The molecule has 0 spiro atoms. The number of halogens is 2. The van der Waals surface area contributed by atoms with Crippen molar-refractivity contribution in [1.82, 2.24) is 4.98 Å². The molecule has 0 aliphatic rings. The Balaban J connectivity index is 1.81.